The number of nitrogen functional groups attached to an aromatic ring is 1. The quantitative estimate of drug-likeness (QED) is 0.141. The summed E-state index contributed by atoms with van der Waals surface area (Å²) in [6.07, 6.45) is 5.68. The number of hydrogen-bond acceptors (Lipinski definition) is 9. The molecule has 0 unspecified atom stereocenters. The number of aryl methyl sites for hydroxylation is 2. The van der Waals surface area contributed by atoms with Crippen LogP contribution in [0.4, 0.5) is 24.5 Å². The van der Waals surface area contributed by atoms with Crippen molar-refractivity contribution in [1.82, 2.24) is 29.5 Å². The van der Waals surface area contributed by atoms with Gasteiger partial charge in [0.05, 0.1) is 23.8 Å². The van der Waals surface area contributed by atoms with Crippen molar-refractivity contribution in [2.45, 2.75) is 6.36 Å². The average Bonchev–Trinajstić information content (AvgIpc) is 3.76. The highest BCUT2D eigenvalue weighted by Gasteiger charge is 2.31. The molecular weight excluding hydrogens is 689 g/mol. The van der Waals surface area contributed by atoms with E-state index in [2.05, 4.69) is 30.2 Å². The van der Waals surface area contributed by atoms with Gasteiger partial charge in [0.2, 0.25) is 0 Å². The van der Waals surface area contributed by atoms with Gasteiger partial charge < -0.3 is 25.3 Å². The Morgan fingerprint density at radius 1 is 0.679 bits per heavy atom. The molecule has 7 rings (SSSR count). The topological polar surface area (TPSA) is 144 Å². The van der Waals surface area contributed by atoms with Crippen molar-refractivity contribution in [3.63, 3.8) is 0 Å². The summed E-state index contributed by atoms with van der Waals surface area (Å²) < 4.78 is 56.2. The molecule has 0 spiro atoms. The molecule has 0 saturated heterocycles. The minimum absolute atomic E-state index is 0.0123. The second-order valence-corrected chi connectivity index (χ2v) is 11.4. The van der Waals surface area contributed by atoms with Crippen LogP contribution >= 0.6 is 0 Å². The number of pyridine rings is 2. The largest absolute Gasteiger partial charge is 0.573 e. The van der Waals surface area contributed by atoms with Crippen LogP contribution in [-0.4, -0.2) is 41.8 Å². The first-order valence-electron chi connectivity index (χ1n) is 15.8. The van der Waals surface area contributed by atoms with Crippen molar-refractivity contribution in [1.29, 1.82) is 0 Å². The highest BCUT2D eigenvalue weighted by atomic mass is 19.4. The lowest BCUT2D eigenvalue weighted by Crippen LogP contribution is -2.18. The molecule has 0 saturated carbocycles. The third-order valence-corrected chi connectivity index (χ3v) is 7.22. The van der Waals surface area contributed by atoms with E-state index in [1.54, 1.807) is 76.6 Å². The average molecular weight is 721 g/mol. The smallest absolute Gasteiger partial charge is 0.457 e. The number of alkyl halides is 3. The summed E-state index contributed by atoms with van der Waals surface area (Å²) in [6.45, 7) is 0. The summed E-state index contributed by atoms with van der Waals surface area (Å²) in [4.78, 5) is 21.1. The van der Waals surface area contributed by atoms with E-state index in [1.165, 1.54) is 12.1 Å². The molecule has 0 aliphatic heterocycles. The number of aromatic nitrogens is 6. The number of nitrogens with two attached hydrogens (primary N) is 1. The number of carbonyl (C=O) groups is 1. The van der Waals surface area contributed by atoms with Gasteiger partial charge in [-0.2, -0.15) is 10.2 Å². The van der Waals surface area contributed by atoms with Gasteiger partial charge in [0.1, 0.15) is 28.7 Å². The number of nitrogens with one attached hydrogen (secondary N) is 1. The van der Waals surface area contributed by atoms with Gasteiger partial charge >= 0.3 is 6.36 Å². The van der Waals surface area contributed by atoms with Crippen LogP contribution in [0.15, 0.2) is 134 Å². The number of ether oxygens (including phenoxy) is 3. The molecule has 0 fully saturated rings. The van der Waals surface area contributed by atoms with Crippen LogP contribution in [0.2, 0.25) is 0 Å². The van der Waals surface area contributed by atoms with Crippen LogP contribution in [0.1, 0.15) is 10.4 Å². The van der Waals surface area contributed by atoms with Gasteiger partial charge in [-0.1, -0.05) is 18.2 Å². The first-order valence-corrected chi connectivity index (χ1v) is 15.8. The van der Waals surface area contributed by atoms with Crippen molar-refractivity contribution in [2.24, 2.45) is 14.1 Å². The fourth-order valence-electron chi connectivity index (χ4n) is 4.90. The Kier molecular flexibility index (Phi) is 10.6. The lowest BCUT2D eigenvalue weighted by molar-refractivity contribution is -0.274. The monoisotopic (exact) mass is 720 g/mol. The summed E-state index contributed by atoms with van der Waals surface area (Å²) in [7, 11) is 3.68. The Balaban J connectivity index is 0.000000204. The molecule has 7 aromatic rings. The van der Waals surface area contributed by atoms with Crippen molar-refractivity contribution >= 4 is 17.3 Å². The van der Waals surface area contributed by atoms with Crippen molar-refractivity contribution in [3.05, 3.63) is 140 Å². The summed E-state index contributed by atoms with van der Waals surface area (Å²) >= 11 is 0. The Morgan fingerprint density at radius 2 is 1.21 bits per heavy atom. The summed E-state index contributed by atoms with van der Waals surface area (Å²) in [5.74, 6) is 1.32. The lowest BCUT2D eigenvalue weighted by atomic mass is 10.2. The molecule has 268 valence electrons. The molecule has 0 aliphatic rings. The zero-order valence-corrected chi connectivity index (χ0v) is 28.2. The van der Waals surface area contributed by atoms with E-state index in [4.69, 9.17) is 15.2 Å². The van der Waals surface area contributed by atoms with E-state index < -0.39 is 18.0 Å². The minimum Gasteiger partial charge on any atom is -0.457 e. The number of halogens is 3. The number of amides is 1. The second kappa shape index (κ2) is 15.8. The highest BCUT2D eigenvalue weighted by molar-refractivity contribution is 6.04. The zero-order chi connectivity index (χ0) is 37.4. The predicted molar refractivity (Wildman–Crippen MR) is 191 cm³/mol. The molecule has 0 atom stereocenters. The van der Waals surface area contributed by atoms with Gasteiger partial charge in [0.15, 0.2) is 0 Å². The Labute approximate surface area is 301 Å². The third kappa shape index (κ3) is 10.2. The number of benzene rings is 3. The van der Waals surface area contributed by atoms with Crippen LogP contribution in [0.3, 0.4) is 0 Å². The van der Waals surface area contributed by atoms with Crippen LogP contribution < -0.4 is 25.3 Å². The first kappa shape index (κ1) is 35.7. The fraction of sp³-hybridized carbons (Fsp3) is 0.0789. The number of rotatable bonds is 9. The summed E-state index contributed by atoms with van der Waals surface area (Å²) in [5, 5.41) is 10.9. The van der Waals surface area contributed by atoms with Crippen molar-refractivity contribution in [3.8, 4) is 51.3 Å². The van der Waals surface area contributed by atoms with Gasteiger partial charge in [-0.15, -0.1) is 13.2 Å². The second-order valence-electron chi connectivity index (χ2n) is 11.4. The zero-order valence-electron chi connectivity index (χ0n) is 28.2. The van der Waals surface area contributed by atoms with Gasteiger partial charge in [-0.3, -0.25) is 24.1 Å². The van der Waals surface area contributed by atoms with Gasteiger partial charge in [-0.25, -0.2) is 0 Å². The molecule has 0 bridgehead atoms. The van der Waals surface area contributed by atoms with Gasteiger partial charge in [0, 0.05) is 91.2 Å². The predicted octanol–water partition coefficient (Wildman–Crippen LogP) is 8.28. The lowest BCUT2D eigenvalue weighted by Gasteiger charge is -2.11. The standard InChI is InChI=1S/C23H17F3N4O3.C15H14N4O/c1-30-14-16(13-28-30)21-12-19(8-9-27-21)32-18-6-3-5-17(11-18)29-22(31)15-4-2-7-20(10-15)33-23(24,25)26;1-19-10-11(9-18-19)15-8-14(5-6-17-15)20-13-4-2-3-12(16)7-13/h2-14H,1H3,(H,29,31);2-10H,16H2,1H3. The molecule has 4 heterocycles. The number of anilines is 2. The third-order valence-electron chi connectivity index (χ3n) is 7.22. The Morgan fingerprint density at radius 3 is 1.75 bits per heavy atom. The van der Waals surface area contributed by atoms with E-state index in [-0.39, 0.29) is 5.56 Å². The van der Waals surface area contributed by atoms with Crippen LogP contribution in [0.5, 0.6) is 28.7 Å². The number of nitrogens with zero attached hydrogens (tertiary/aromatic N) is 6. The van der Waals surface area contributed by atoms with Gasteiger partial charge in [0.25, 0.3) is 5.91 Å². The number of carbonyl (C=O) groups excluding carboxylic acids is 1. The molecule has 3 aromatic carbocycles. The first-order chi connectivity index (χ1) is 25.5. The van der Waals surface area contributed by atoms with Crippen LogP contribution in [0.25, 0.3) is 22.5 Å². The maximum absolute atomic E-state index is 12.5. The van der Waals surface area contributed by atoms with E-state index >= 15 is 0 Å². The number of hydrogen-bond donors (Lipinski definition) is 2. The fourth-order valence-corrected chi connectivity index (χ4v) is 4.90. The Bertz CT molecular complexity index is 2340. The molecule has 4 aromatic heterocycles. The van der Waals surface area contributed by atoms with E-state index in [1.807, 2.05) is 56.8 Å². The van der Waals surface area contributed by atoms with E-state index in [0.717, 1.165) is 29.0 Å². The summed E-state index contributed by atoms with van der Waals surface area (Å²) in [5.41, 5.74) is 10.1. The van der Waals surface area contributed by atoms with Crippen LogP contribution in [0, 0.1) is 0 Å². The maximum atomic E-state index is 12.5. The maximum Gasteiger partial charge on any atom is 0.573 e. The molecule has 53 heavy (non-hydrogen) atoms. The SMILES string of the molecule is Cn1cc(-c2cc(Oc3cccc(N)c3)ccn2)cn1.Cn1cc(-c2cc(Oc3cccc(NC(=O)c4cccc(OC(F)(F)F)c4)c3)ccn2)cn1. The molecule has 3 N–H and O–H groups in total. The minimum atomic E-state index is -4.84. The molecule has 15 heteroatoms. The van der Waals surface area contributed by atoms with Gasteiger partial charge in [-0.05, 0) is 54.6 Å². The molecule has 0 radical (unpaired) electrons. The molecule has 1 amide bonds. The molecule has 12 nitrogen and oxygen atoms in total. The van der Waals surface area contributed by atoms with Crippen molar-refractivity contribution in [2.75, 3.05) is 11.1 Å². The van der Waals surface area contributed by atoms with E-state index in [9.17, 15) is 18.0 Å². The molecule has 0 aliphatic carbocycles. The highest BCUT2D eigenvalue weighted by Crippen LogP contribution is 2.29. The normalized spacial score (nSPS) is 10.9. The molecular formula is C38H31F3N8O4. The Hall–Kier alpha value is -7.16. The van der Waals surface area contributed by atoms with E-state index in [0.29, 0.717) is 40.1 Å². The van der Waals surface area contributed by atoms with Crippen molar-refractivity contribution < 1.29 is 32.2 Å². The summed E-state index contributed by atoms with van der Waals surface area (Å²) in [6, 6.07) is 25.9. The van der Waals surface area contributed by atoms with Crippen LogP contribution in [-0.2, 0) is 14.1 Å².